The predicted octanol–water partition coefficient (Wildman–Crippen LogP) is 5.95. The van der Waals surface area contributed by atoms with Crippen LogP contribution in [0.2, 0.25) is 5.02 Å². The number of halogens is 2. The predicted molar refractivity (Wildman–Crippen MR) is 115 cm³/mol. The van der Waals surface area contributed by atoms with E-state index in [1.54, 1.807) is 12.1 Å². The highest BCUT2D eigenvalue weighted by Crippen LogP contribution is 2.27. The summed E-state index contributed by atoms with van der Waals surface area (Å²) in [5.74, 6) is -0.248. The Hall–Kier alpha value is -1.95. The number of hydrogen-bond acceptors (Lipinski definition) is 2. The number of hydrogen-bond donors (Lipinski definition) is 0. The van der Waals surface area contributed by atoms with Gasteiger partial charge in [0.2, 0.25) is 0 Å². The molecule has 0 saturated heterocycles. The second kappa shape index (κ2) is 8.19. The topological polar surface area (TPSA) is 13.1 Å². The summed E-state index contributed by atoms with van der Waals surface area (Å²) in [5, 5.41) is 0.681. The van der Waals surface area contributed by atoms with E-state index in [-0.39, 0.29) is 5.82 Å². The first kappa shape index (κ1) is 19.4. The van der Waals surface area contributed by atoms with Gasteiger partial charge in [0.1, 0.15) is 5.82 Å². The Morgan fingerprint density at radius 2 is 1.79 bits per heavy atom. The summed E-state index contributed by atoms with van der Waals surface area (Å²) < 4.78 is 18.3. The highest BCUT2D eigenvalue weighted by atomic mass is 35.5. The fourth-order valence-corrected chi connectivity index (χ4v) is 4.07. The Kier molecular flexibility index (Phi) is 5.67. The molecule has 1 aliphatic carbocycles. The summed E-state index contributed by atoms with van der Waals surface area (Å²) >= 11 is 11.9. The molecule has 1 aromatic heterocycles. The molecule has 1 aliphatic rings. The van der Waals surface area contributed by atoms with Crippen LogP contribution in [0.1, 0.15) is 19.3 Å². The van der Waals surface area contributed by atoms with E-state index in [1.165, 1.54) is 31.4 Å². The maximum atomic E-state index is 13.4. The number of nitrogens with zero attached hydrogens (tertiary/aromatic N) is 3. The summed E-state index contributed by atoms with van der Waals surface area (Å²) in [5.41, 5.74) is 2.81. The van der Waals surface area contributed by atoms with Crippen molar-refractivity contribution in [2.75, 3.05) is 13.6 Å². The van der Waals surface area contributed by atoms with Crippen molar-refractivity contribution in [1.29, 1.82) is 0 Å². The zero-order chi connectivity index (χ0) is 19.7. The quantitative estimate of drug-likeness (QED) is 0.461. The summed E-state index contributed by atoms with van der Waals surface area (Å²) in [6.45, 7) is 1.77. The van der Waals surface area contributed by atoms with Gasteiger partial charge in [0.25, 0.3) is 0 Å². The van der Waals surface area contributed by atoms with E-state index in [4.69, 9.17) is 23.8 Å². The number of imidazole rings is 1. The lowest BCUT2D eigenvalue weighted by atomic mass is 9.92. The van der Waals surface area contributed by atoms with Crippen molar-refractivity contribution in [3.63, 3.8) is 0 Å². The minimum atomic E-state index is -0.248. The first-order valence-corrected chi connectivity index (χ1v) is 10.4. The van der Waals surface area contributed by atoms with Crippen LogP contribution in [0.5, 0.6) is 0 Å². The average Bonchev–Trinajstić information content (AvgIpc) is 2.96. The smallest absolute Gasteiger partial charge is 0.185 e. The molecule has 0 bridgehead atoms. The molecule has 146 valence electrons. The van der Waals surface area contributed by atoms with Crippen LogP contribution in [0.4, 0.5) is 4.39 Å². The van der Waals surface area contributed by atoms with Crippen molar-refractivity contribution < 1.29 is 4.39 Å². The Labute approximate surface area is 175 Å². The number of likely N-dealkylation sites (N-methyl/N-ethyl adjacent to an activating group) is 1. The van der Waals surface area contributed by atoms with Gasteiger partial charge in [0.05, 0.1) is 5.69 Å². The fraction of sp³-hybridized carbons (Fsp3) is 0.318. The van der Waals surface area contributed by atoms with Gasteiger partial charge in [-0.15, -0.1) is 0 Å². The van der Waals surface area contributed by atoms with Gasteiger partial charge < -0.3 is 9.47 Å². The molecule has 1 fully saturated rings. The van der Waals surface area contributed by atoms with Crippen LogP contribution in [-0.4, -0.2) is 33.7 Å². The van der Waals surface area contributed by atoms with Crippen LogP contribution in [0, 0.1) is 10.6 Å². The molecular formula is C22H23ClFN3S. The zero-order valence-corrected chi connectivity index (χ0v) is 17.4. The van der Waals surface area contributed by atoms with Crippen LogP contribution in [0.15, 0.2) is 54.7 Å². The van der Waals surface area contributed by atoms with Crippen molar-refractivity contribution >= 4 is 23.8 Å². The third-order valence-electron chi connectivity index (χ3n) is 5.57. The Balaban J connectivity index is 1.71. The van der Waals surface area contributed by atoms with E-state index < -0.39 is 0 Å². The molecule has 2 aromatic carbocycles. The van der Waals surface area contributed by atoms with E-state index >= 15 is 0 Å². The van der Waals surface area contributed by atoms with Crippen LogP contribution in [-0.2, 0) is 6.54 Å². The van der Waals surface area contributed by atoms with Gasteiger partial charge in [-0.25, -0.2) is 4.39 Å². The maximum absolute atomic E-state index is 13.4. The minimum Gasteiger partial charge on any atom is -0.322 e. The Morgan fingerprint density at radius 3 is 2.39 bits per heavy atom. The Morgan fingerprint density at radius 1 is 1.11 bits per heavy atom. The Bertz CT molecular complexity index is 1000. The summed E-state index contributed by atoms with van der Waals surface area (Å²) in [6, 6.07) is 14.9. The van der Waals surface area contributed by atoms with E-state index in [9.17, 15) is 4.39 Å². The second-order valence-electron chi connectivity index (χ2n) is 7.37. The lowest BCUT2D eigenvalue weighted by Crippen LogP contribution is -2.38. The van der Waals surface area contributed by atoms with Gasteiger partial charge in [-0.1, -0.05) is 18.0 Å². The second-order valence-corrected chi connectivity index (χ2v) is 8.18. The molecule has 0 N–H and O–H groups in total. The van der Waals surface area contributed by atoms with Crippen molar-refractivity contribution in [3.05, 3.63) is 70.3 Å². The lowest BCUT2D eigenvalue weighted by Gasteiger charge is -2.34. The zero-order valence-electron chi connectivity index (χ0n) is 15.8. The monoisotopic (exact) mass is 415 g/mol. The van der Waals surface area contributed by atoms with Crippen molar-refractivity contribution in [3.8, 4) is 16.9 Å². The SMILES string of the molecule is CN(CCn1cc(-c2ccc(F)cc2)n(-c2ccc(Cl)cc2)c1=S)C1CCC1. The minimum absolute atomic E-state index is 0.248. The summed E-state index contributed by atoms with van der Waals surface area (Å²) in [6.07, 6.45) is 5.97. The number of rotatable bonds is 6. The van der Waals surface area contributed by atoms with Gasteiger partial charge in [0.15, 0.2) is 4.77 Å². The molecule has 0 atom stereocenters. The molecular weight excluding hydrogens is 393 g/mol. The van der Waals surface area contributed by atoms with Crippen LogP contribution >= 0.6 is 23.8 Å². The highest BCUT2D eigenvalue weighted by molar-refractivity contribution is 7.71. The van der Waals surface area contributed by atoms with Gasteiger partial charge >= 0.3 is 0 Å². The van der Waals surface area contributed by atoms with Crippen molar-refractivity contribution in [2.45, 2.75) is 31.8 Å². The molecule has 4 rings (SSSR count). The van der Waals surface area contributed by atoms with E-state index in [2.05, 4.69) is 22.7 Å². The van der Waals surface area contributed by atoms with Crippen LogP contribution in [0.3, 0.4) is 0 Å². The molecule has 0 spiro atoms. The molecule has 0 aliphatic heterocycles. The largest absolute Gasteiger partial charge is 0.322 e. The molecule has 28 heavy (non-hydrogen) atoms. The third kappa shape index (κ3) is 3.93. The van der Waals surface area contributed by atoms with Crippen LogP contribution in [0.25, 0.3) is 16.9 Å². The first-order valence-electron chi connectivity index (χ1n) is 9.57. The highest BCUT2D eigenvalue weighted by Gasteiger charge is 2.22. The number of benzene rings is 2. The summed E-state index contributed by atoms with van der Waals surface area (Å²) in [4.78, 5) is 2.42. The molecule has 0 amide bonds. The molecule has 0 radical (unpaired) electrons. The van der Waals surface area contributed by atoms with Crippen molar-refractivity contribution in [2.24, 2.45) is 0 Å². The van der Waals surface area contributed by atoms with Gasteiger partial charge in [-0.3, -0.25) is 4.57 Å². The van der Waals surface area contributed by atoms with E-state index in [1.807, 2.05) is 28.8 Å². The van der Waals surface area contributed by atoms with Gasteiger partial charge in [0, 0.05) is 41.6 Å². The maximum Gasteiger partial charge on any atom is 0.185 e. The van der Waals surface area contributed by atoms with Gasteiger partial charge in [-0.2, -0.15) is 0 Å². The molecule has 1 heterocycles. The molecule has 3 nitrogen and oxygen atoms in total. The number of aromatic nitrogens is 2. The lowest BCUT2D eigenvalue weighted by molar-refractivity contribution is 0.154. The first-order chi connectivity index (χ1) is 13.5. The standard InChI is InChI=1S/C22H23ClFN3S/c1-25(19-3-2-4-19)13-14-26-15-21(16-5-9-18(24)10-6-16)27(22(26)28)20-11-7-17(23)8-12-20/h5-12,15,19H,2-4,13-14H2,1H3. The molecule has 6 heteroatoms. The van der Waals surface area contributed by atoms with E-state index in [0.29, 0.717) is 11.1 Å². The molecule has 3 aromatic rings. The summed E-state index contributed by atoms with van der Waals surface area (Å²) in [7, 11) is 2.19. The normalized spacial score (nSPS) is 14.4. The third-order valence-corrected chi connectivity index (χ3v) is 6.24. The van der Waals surface area contributed by atoms with Crippen molar-refractivity contribution in [1.82, 2.24) is 14.0 Å². The molecule has 0 unspecified atom stereocenters. The average molecular weight is 416 g/mol. The van der Waals surface area contributed by atoms with Gasteiger partial charge in [-0.05, 0) is 80.6 Å². The molecule has 1 saturated carbocycles. The van der Waals surface area contributed by atoms with E-state index in [0.717, 1.165) is 34.8 Å². The van der Waals surface area contributed by atoms with Crippen LogP contribution < -0.4 is 0 Å². The fourth-order valence-electron chi connectivity index (χ4n) is 3.59.